The number of piperidine rings is 1. The van der Waals surface area contributed by atoms with Crippen molar-refractivity contribution in [3.8, 4) is 11.1 Å². The van der Waals surface area contributed by atoms with Crippen LogP contribution in [0.25, 0.3) is 11.1 Å². The summed E-state index contributed by atoms with van der Waals surface area (Å²) in [5.74, 6) is 0.0776. The average Bonchev–Trinajstić information content (AvgIpc) is 2.68. The van der Waals surface area contributed by atoms with Crippen LogP contribution < -0.4 is 4.90 Å². The minimum atomic E-state index is 0.0776. The molecule has 4 nitrogen and oxygen atoms in total. The van der Waals surface area contributed by atoms with Gasteiger partial charge in [0.25, 0.3) is 5.91 Å². The first kappa shape index (κ1) is 18.5. The first-order valence-corrected chi connectivity index (χ1v) is 9.40. The summed E-state index contributed by atoms with van der Waals surface area (Å²) < 4.78 is 0. The van der Waals surface area contributed by atoms with Crippen molar-refractivity contribution < 1.29 is 9.90 Å². The van der Waals surface area contributed by atoms with Crippen molar-refractivity contribution >= 4 is 11.6 Å². The maximum atomic E-state index is 13.1. The number of hydrogen-bond donors (Lipinski definition) is 1. The second-order valence-corrected chi connectivity index (χ2v) is 7.19. The van der Waals surface area contributed by atoms with Crippen LogP contribution in [0.3, 0.4) is 0 Å². The second-order valence-electron chi connectivity index (χ2n) is 7.19. The van der Waals surface area contributed by atoms with E-state index in [4.69, 9.17) is 0 Å². The Bertz CT molecular complexity index is 755. The topological polar surface area (TPSA) is 43.8 Å². The van der Waals surface area contributed by atoms with Crippen LogP contribution in [0.5, 0.6) is 0 Å². The van der Waals surface area contributed by atoms with Crippen molar-refractivity contribution in [3.63, 3.8) is 0 Å². The Morgan fingerprint density at radius 2 is 1.85 bits per heavy atom. The average molecular weight is 352 g/mol. The lowest BCUT2D eigenvalue weighted by Gasteiger charge is -2.35. The van der Waals surface area contributed by atoms with Gasteiger partial charge in [0.1, 0.15) is 0 Å². The number of likely N-dealkylation sites (tertiary alicyclic amines) is 1. The highest BCUT2D eigenvalue weighted by Crippen LogP contribution is 2.27. The van der Waals surface area contributed by atoms with Crippen molar-refractivity contribution in [2.75, 3.05) is 32.1 Å². The Kier molecular flexibility index (Phi) is 5.94. The number of aliphatic hydroxyl groups is 1. The molecule has 138 valence electrons. The molecule has 0 radical (unpaired) electrons. The van der Waals surface area contributed by atoms with Gasteiger partial charge >= 0.3 is 0 Å². The van der Waals surface area contributed by atoms with E-state index < -0.39 is 0 Å². The molecule has 0 aliphatic carbocycles. The lowest BCUT2D eigenvalue weighted by Crippen LogP contribution is -2.44. The molecule has 3 rings (SSSR count). The molecule has 2 aromatic carbocycles. The fourth-order valence-electron chi connectivity index (χ4n) is 3.68. The molecule has 1 aliphatic heterocycles. The number of aliphatic hydroxyl groups excluding tert-OH is 1. The summed E-state index contributed by atoms with van der Waals surface area (Å²) in [4.78, 5) is 17.1. The first-order valence-electron chi connectivity index (χ1n) is 9.40. The Morgan fingerprint density at radius 1 is 1.12 bits per heavy atom. The van der Waals surface area contributed by atoms with Crippen LogP contribution in [0.15, 0.2) is 48.5 Å². The monoisotopic (exact) mass is 352 g/mol. The zero-order valence-corrected chi connectivity index (χ0v) is 15.7. The molecule has 1 atom stereocenters. The van der Waals surface area contributed by atoms with Crippen LogP contribution in [0.2, 0.25) is 0 Å². The largest absolute Gasteiger partial charge is 0.396 e. The number of benzene rings is 2. The third-order valence-electron chi connectivity index (χ3n) is 5.16. The first-order chi connectivity index (χ1) is 12.6. The predicted octanol–water partition coefficient (Wildman–Crippen LogP) is 3.80. The van der Waals surface area contributed by atoms with Crippen LogP contribution in [0.1, 0.15) is 36.0 Å². The number of carbonyl (C=O) groups is 1. The van der Waals surface area contributed by atoms with Gasteiger partial charge in [0.2, 0.25) is 0 Å². The Balaban J connectivity index is 1.87. The molecule has 0 unspecified atom stereocenters. The van der Waals surface area contributed by atoms with Gasteiger partial charge in [-0.2, -0.15) is 0 Å². The Labute approximate surface area is 156 Å². The van der Waals surface area contributed by atoms with Crippen LogP contribution in [-0.2, 0) is 0 Å². The lowest BCUT2D eigenvalue weighted by molar-refractivity contribution is 0.0574. The molecule has 26 heavy (non-hydrogen) atoms. The molecule has 0 saturated carbocycles. The predicted molar refractivity (Wildman–Crippen MR) is 107 cm³/mol. The standard InChI is InChI=1S/C22H28N2O2/c1-23(2)21-11-6-8-18(16-21)17-7-5-9-19(15-17)22(26)24-13-4-3-10-20(24)12-14-25/h5-9,11,15-16,20,25H,3-4,10,12-14H2,1-2H3/t20-/m0/s1. The fraction of sp³-hybridized carbons (Fsp3) is 0.409. The summed E-state index contributed by atoms with van der Waals surface area (Å²) >= 11 is 0. The molecular formula is C22H28N2O2. The van der Waals surface area contributed by atoms with Gasteiger partial charge < -0.3 is 14.9 Å². The zero-order valence-electron chi connectivity index (χ0n) is 15.7. The van der Waals surface area contributed by atoms with Gasteiger partial charge in [-0.05, 0) is 61.1 Å². The third-order valence-corrected chi connectivity index (χ3v) is 5.16. The van der Waals surface area contributed by atoms with Crippen molar-refractivity contribution in [2.24, 2.45) is 0 Å². The third kappa shape index (κ3) is 4.07. The minimum Gasteiger partial charge on any atom is -0.396 e. The Morgan fingerprint density at radius 3 is 2.58 bits per heavy atom. The SMILES string of the molecule is CN(C)c1cccc(-c2cccc(C(=O)N3CCCC[C@H]3CCO)c2)c1. The van der Waals surface area contributed by atoms with Gasteiger partial charge in [-0.15, -0.1) is 0 Å². The van der Waals surface area contributed by atoms with Crippen LogP contribution in [0, 0.1) is 0 Å². The maximum absolute atomic E-state index is 13.1. The molecule has 0 aromatic heterocycles. The van der Waals surface area contributed by atoms with Gasteiger partial charge in [0.05, 0.1) is 0 Å². The molecule has 1 amide bonds. The molecule has 1 heterocycles. The molecule has 2 aromatic rings. The molecule has 0 bridgehead atoms. The fourth-order valence-corrected chi connectivity index (χ4v) is 3.68. The maximum Gasteiger partial charge on any atom is 0.254 e. The van der Waals surface area contributed by atoms with Gasteiger partial charge in [-0.1, -0.05) is 24.3 Å². The summed E-state index contributed by atoms with van der Waals surface area (Å²) in [5, 5.41) is 9.31. The van der Waals surface area contributed by atoms with E-state index in [1.807, 2.05) is 49.3 Å². The normalized spacial score (nSPS) is 17.2. The summed E-state index contributed by atoms with van der Waals surface area (Å²) in [6, 6.07) is 16.4. The zero-order chi connectivity index (χ0) is 18.5. The highest BCUT2D eigenvalue weighted by molar-refractivity contribution is 5.95. The van der Waals surface area contributed by atoms with Gasteiger partial charge in [-0.25, -0.2) is 0 Å². The molecule has 0 spiro atoms. The highest BCUT2D eigenvalue weighted by atomic mass is 16.3. The number of carbonyl (C=O) groups excluding carboxylic acids is 1. The van der Waals surface area contributed by atoms with E-state index >= 15 is 0 Å². The van der Waals surface area contributed by atoms with E-state index in [9.17, 15) is 9.90 Å². The van der Waals surface area contributed by atoms with E-state index in [0.29, 0.717) is 6.42 Å². The van der Waals surface area contributed by atoms with Gasteiger partial charge in [-0.3, -0.25) is 4.79 Å². The van der Waals surface area contributed by atoms with Crippen molar-refractivity contribution in [3.05, 3.63) is 54.1 Å². The number of nitrogens with zero attached hydrogens (tertiary/aromatic N) is 2. The number of anilines is 1. The highest BCUT2D eigenvalue weighted by Gasteiger charge is 2.27. The summed E-state index contributed by atoms with van der Waals surface area (Å²) in [7, 11) is 4.05. The summed E-state index contributed by atoms with van der Waals surface area (Å²) in [6.45, 7) is 0.912. The molecule has 1 N–H and O–H groups in total. The second kappa shape index (κ2) is 8.37. The lowest BCUT2D eigenvalue weighted by atomic mass is 9.97. The van der Waals surface area contributed by atoms with Crippen molar-refractivity contribution in [1.82, 2.24) is 4.90 Å². The molecule has 4 heteroatoms. The molecule has 1 saturated heterocycles. The number of hydrogen-bond acceptors (Lipinski definition) is 3. The van der Waals surface area contributed by atoms with Crippen LogP contribution in [0.4, 0.5) is 5.69 Å². The van der Waals surface area contributed by atoms with Gasteiger partial charge in [0, 0.05) is 44.5 Å². The van der Waals surface area contributed by atoms with Gasteiger partial charge in [0.15, 0.2) is 0 Å². The summed E-state index contributed by atoms with van der Waals surface area (Å²) in [5.41, 5.74) is 4.02. The van der Waals surface area contributed by atoms with E-state index in [2.05, 4.69) is 23.1 Å². The number of amides is 1. The van der Waals surface area contributed by atoms with E-state index in [1.54, 1.807) is 0 Å². The smallest absolute Gasteiger partial charge is 0.254 e. The minimum absolute atomic E-state index is 0.0776. The van der Waals surface area contributed by atoms with Crippen LogP contribution in [-0.4, -0.2) is 49.2 Å². The van der Waals surface area contributed by atoms with Crippen molar-refractivity contribution in [1.29, 1.82) is 0 Å². The molecular weight excluding hydrogens is 324 g/mol. The molecule has 1 aliphatic rings. The van der Waals surface area contributed by atoms with Crippen molar-refractivity contribution in [2.45, 2.75) is 31.7 Å². The van der Waals surface area contributed by atoms with Crippen LogP contribution >= 0.6 is 0 Å². The number of rotatable bonds is 5. The molecule has 1 fully saturated rings. The Hall–Kier alpha value is -2.33. The van der Waals surface area contributed by atoms with E-state index in [-0.39, 0.29) is 18.6 Å². The van der Waals surface area contributed by atoms with E-state index in [1.165, 1.54) is 0 Å². The quantitative estimate of drug-likeness (QED) is 0.890. The van der Waals surface area contributed by atoms with E-state index in [0.717, 1.165) is 48.2 Å². The summed E-state index contributed by atoms with van der Waals surface area (Å²) in [6.07, 6.45) is 3.82.